The summed E-state index contributed by atoms with van der Waals surface area (Å²) in [5, 5.41) is 22.0. The van der Waals surface area contributed by atoms with E-state index in [0.717, 1.165) is 37.2 Å². The van der Waals surface area contributed by atoms with E-state index in [4.69, 9.17) is 0 Å². The lowest BCUT2D eigenvalue weighted by Gasteiger charge is -2.27. The summed E-state index contributed by atoms with van der Waals surface area (Å²) in [7, 11) is 0. The van der Waals surface area contributed by atoms with Gasteiger partial charge in [0.25, 0.3) is 0 Å². The van der Waals surface area contributed by atoms with E-state index >= 15 is 0 Å². The van der Waals surface area contributed by atoms with Gasteiger partial charge in [-0.15, -0.1) is 0 Å². The van der Waals surface area contributed by atoms with Crippen LogP contribution in [0.15, 0.2) is 30.3 Å². The number of phenolic OH excluding ortho intramolecular Hbond substituents is 1. The van der Waals surface area contributed by atoms with E-state index in [1.165, 1.54) is 6.42 Å². The van der Waals surface area contributed by atoms with Gasteiger partial charge in [-0.2, -0.15) is 4.98 Å². The molecule has 7 heteroatoms. The molecule has 0 saturated carbocycles. The summed E-state index contributed by atoms with van der Waals surface area (Å²) >= 11 is 0. The highest BCUT2D eigenvalue weighted by molar-refractivity contribution is 5.77. The number of nitrogens with one attached hydrogen (secondary N) is 1. The quantitative estimate of drug-likeness (QED) is 0.732. The van der Waals surface area contributed by atoms with Gasteiger partial charge in [-0.3, -0.25) is 0 Å². The fourth-order valence-corrected chi connectivity index (χ4v) is 3.11. The fraction of sp³-hybridized carbons (Fsp3) is 0.421. The Balaban J connectivity index is 1.76. The molecule has 1 aliphatic rings. The summed E-state index contributed by atoms with van der Waals surface area (Å²) in [5.41, 5.74) is 1.63. The Kier molecular flexibility index (Phi) is 5.55. The van der Waals surface area contributed by atoms with Crippen molar-refractivity contribution < 1.29 is 15.0 Å². The number of anilines is 2. The molecule has 1 atom stereocenters. The normalized spacial score (nSPS) is 15.5. The first kappa shape index (κ1) is 18.0. The first-order valence-corrected chi connectivity index (χ1v) is 8.89. The van der Waals surface area contributed by atoms with Crippen LogP contribution in [0.1, 0.15) is 30.5 Å². The molecular weight excluding hydrogens is 332 g/mol. The molecule has 26 heavy (non-hydrogen) atoms. The van der Waals surface area contributed by atoms with Crippen LogP contribution < -0.4 is 10.2 Å². The number of benzene rings is 1. The summed E-state index contributed by atoms with van der Waals surface area (Å²) in [4.78, 5) is 22.9. The Hall–Kier alpha value is -2.83. The Morgan fingerprint density at radius 3 is 2.54 bits per heavy atom. The van der Waals surface area contributed by atoms with Crippen molar-refractivity contribution in [2.24, 2.45) is 0 Å². The van der Waals surface area contributed by atoms with Gasteiger partial charge < -0.3 is 20.4 Å². The number of nitrogens with zero attached hydrogens (tertiary/aromatic N) is 3. The van der Waals surface area contributed by atoms with E-state index in [-0.39, 0.29) is 12.2 Å². The lowest BCUT2D eigenvalue weighted by atomic mass is 10.1. The molecular formula is C19H24N4O3. The van der Waals surface area contributed by atoms with Crippen molar-refractivity contribution in [3.05, 3.63) is 41.6 Å². The van der Waals surface area contributed by atoms with E-state index in [1.54, 1.807) is 30.3 Å². The predicted molar refractivity (Wildman–Crippen MR) is 99.7 cm³/mol. The number of aromatic nitrogens is 2. The Labute approximate surface area is 152 Å². The van der Waals surface area contributed by atoms with Crippen LogP contribution in [-0.4, -0.2) is 45.3 Å². The zero-order chi connectivity index (χ0) is 18.5. The van der Waals surface area contributed by atoms with Gasteiger partial charge >= 0.3 is 5.97 Å². The molecule has 1 saturated heterocycles. The lowest BCUT2D eigenvalue weighted by molar-refractivity contribution is -0.137. The third-order valence-electron chi connectivity index (χ3n) is 4.48. The molecule has 2 heterocycles. The van der Waals surface area contributed by atoms with Crippen molar-refractivity contribution in [2.45, 2.75) is 38.6 Å². The number of aryl methyl sites for hydroxylation is 1. The van der Waals surface area contributed by atoms with Gasteiger partial charge in [0.05, 0.1) is 0 Å². The van der Waals surface area contributed by atoms with Crippen LogP contribution in [0.25, 0.3) is 0 Å². The van der Waals surface area contributed by atoms with E-state index in [2.05, 4.69) is 20.2 Å². The number of aliphatic carboxylic acids is 1. The van der Waals surface area contributed by atoms with E-state index in [0.29, 0.717) is 11.8 Å². The zero-order valence-corrected chi connectivity index (χ0v) is 14.9. The van der Waals surface area contributed by atoms with Crippen LogP contribution in [-0.2, 0) is 11.2 Å². The lowest BCUT2D eigenvalue weighted by Crippen LogP contribution is -2.33. The standard InChI is InChI=1S/C19H24N4O3/c1-13-11-17(22-19(20-13)23-9-3-2-4-10-23)21-16(18(25)26)12-14-5-7-15(24)8-6-14/h5-8,11,16,24H,2-4,9-10,12H2,1H3,(H,25,26)(H,20,21,22)/t16-/m0/s1. The minimum Gasteiger partial charge on any atom is -0.508 e. The highest BCUT2D eigenvalue weighted by Gasteiger charge is 2.20. The maximum atomic E-state index is 11.7. The molecule has 2 aromatic rings. The molecule has 3 N–H and O–H groups in total. The number of rotatable bonds is 6. The van der Waals surface area contributed by atoms with Crippen LogP contribution in [0.4, 0.5) is 11.8 Å². The number of phenols is 1. The SMILES string of the molecule is Cc1cc(N[C@@H](Cc2ccc(O)cc2)C(=O)O)nc(N2CCCCC2)n1. The highest BCUT2D eigenvalue weighted by Crippen LogP contribution is 2.20. The zero-order valence-electron chi connectivity index (χ0n) is 14.9. The molecule has 0 radical (unpaired) electrons. The third-order valence-corrected chi connectivity index (χ3v) is 4.48. The van der Waals surface area contributed by atoms with Gasteiger partial charge in [0.2, 0.25) is 5.95 Å². The summed E-state index contributed by atoms with van der Waals surface area (Å²) in [5.74, 6) is 0.380. The fourth-order valence-electron chi connectivity index (χ4n) is 3.11. The molecule has 1 fully saturated rings. The summed E-state index contributed by atoms with van der Waals surface area (Å²) in [6, 6.07) is 7.49. The average molecular weight is 356 g/mol. The van der Waals surface area contributed by atoms with E-state index in [9.17, 15) is 15.0 Å². The number of carboxylic acids is 1. The number of carboxylic acid groups (broad SMARTS) is 1. The highest BCUT2D eigenvalue weighted by atomic mass is 16.4. The number of hydrogen-bond acceptors (Lipinski definition) is 6. The van der Waals surface area contributed by atoms with Crippen LogP contribution in [0.3, 0.4) is 0 Å². The van der Waals surface area contributed by atoms with Crippen molar-refractivity contribution in [1.29, 1.82) is 0 Å². The maximum absolute atomic E-state index is 11.7. The molecule has 0 bridgehead atoms. The van der Waals surface area contributed by atoms with E-state index < -0.39 is 12.0 Å². The second-order valence-corrected chi connectivity index (χ2v) is 6.65. The topological polar surface area (TPSA) is 98.6 Å². The summed E-state index contributed by atoms with van der Waals surface area (Å²) in [6.07, 6.45) is 3.76. The second-order valence-electron chi connectivity index (χ2n) is 6.65. The van der Waals surface area contributed by atoms with Crippen molar-refractivity contribution in [3.63, 3.8) is 0 Å². The third kappa shape index (κ3) is 4.62. The number of aromatic hydroxyl groups is 1. The second kappa shape index (κ2) is 8.03. The van der Waals surface area contributed by atoms with Gasteiger partial charge in [0, 0.05) is 31.3 Å². The minimum absolute atomic E-state index is 0.159. The minimum atomic E-state index is -0.950. The molecule has 1 aromatic carbocycles. The van der Waals surface area contributed by atoms with Gasteiger partial charge in [0.15, 0.2) is 0 Å². The summed E-state index contributed by atoms with van der Waals surface area (Å²) < 4.78 is 0. The molecule has 0 unspecified atom stereocenters. The van der Waals surface area contributed by atoms with Crippen molar-refractivity contribution in [1.82, 2.24) is 9.97 Å². The largest absolute Gasteiger partial charge is 0.508 e. The molecule has 0 spiro atoms. The van der Waals surface area contributed by atoms with Crippen LogP contribution in [0.2, 0.25) is 0 Å². The number of hydrogen-bond donors (Lipinski definition) is 3. The number of carbonyl (C=O) groups is 1. The van der Waals surface area contributed by atoms with Crippen molar-refractivity contribution >= 4 is 17.7 Å². The molecule has 138 valence electrons. The van der Waals surface area contributed by atoms with Gasteiger partial charge in [-0.05, 0) is 43.9 Å². The molecule has 0 aliphatic carbocycles. The van der Waals surface area contributed by atoms with Crippen LogP contribution >= 0.6 is 0 Å². The molecule has 7 nitrogen and oxygen atoms in total. The number of piperidine rings is 1. The summed E-state index contributed by atoms with van der Waals surface area (Å²) in [6.45, 7) is 3.74. The first-order chi connectivity index (χ1) is 12.5. The maximum Gasteiger partial charge on any atom is 0.326 e. The smallest absolute Gasteiger partial charge is 0.326 e. The first-order valence-electron chi connectivity index (χ1n) is 8.89. The van der Waals surface area contributed by atoms with Crippen LogP contribution in [0, 0.1) is 6.92 Å². The van der Waals surface area contributed by atoms with Gasteiger partial charge in [0.1, 0.15) is 17.6 Å². The van der Waals surface area contributed by atoms with Gasteiger partial charge in [-0.25, -0.2) is 9.78 Å². The van der Waals surface area contributed by atoms with Crippen molar-refractivity contribution in [2.75, 3.05) is 23.3 Å². The monoisotopic (exact) mass is 356 g/mol. The average Bonchev–Trinajstić information content (AvgIpc) is 2.63. The van der Waals surface area contributed by atoms with E-state index in [1.807, 2.05) is 6.92 Å². The molecule has 3 rings (SSSR count). The Bertz CT molecular complexity index is 758. The molecule has 1 aliphatic heterocycles. The molecule has 0 amide bonds. The van der Waals surface area contributed by atoms with Crippen molar-refractivity contribution in [3.8, 4) is 5.75 Å². The Morgan fingerprint density at radius 2 is 1.88 bits per heavy atom. The van der Waals surface area contributed by atoms with Gasteiger partial charge in [-0.1, -0.05) is 12.1 Å². The molecule has 1 aromatic heterocycles. The Morgan fingerprint density at radius 1 is 1.19 bits per heavy atom. The van der Waals surface area contributed by atoms with Crippen LogP contribution in [0.5, 0.6) is 5.75 Å². The predicted octanol–water partition coefficient (Wildman–Crippen LogP) is 2.59.